The van der Waals surface area contributed by atoms with E-state index in [1.165, 1.54) is 6.07 Å². The van der Waals surface area contributed by atoms with Crippen molar-refractivity contribution in [2.45, 2.75) is 18.4 Å². The van der Waals surface area contributed by atoms with E-state index in [4.69, 9.17) is 10.2 Å². The van der Waals surface area contributed by atoms with Crippen molar-refractivity contribution < 1.29 is 4.42 Å². The van der Waals surface area contributed by atoms with Crippen LogP contribution < -0.4 is 11.2 Å². The second-order valence-corrected chi connectivity index (χ2v) is 4.13. The van der Waals surface area contributed by atoms with E-state index in [2.05, 4.69) is 0 Å². The van der Waals surface area contributed by atoms with Crippen LogP contribution >= 0.6 is 0 Å². The van der Waals surface area contributed by atoms with E-state index >= 15 is 0 Å². The van der Waals surface area contributed by atoms with Crippen LogP contribution in [0.1, 0.15) is 18.6 Å². The first-order chi connectivity index (χ1) is 7.19. The summed E-state index contributed by atoms with van der Waals surface area (Å²) in [5.41, 5.74) is 6.22. The molecule has 0 amide bonds. The molecule has 1 saturated carbocycles. The van der Waals surface area contributed by atoms with Gasteiger partial charge < -0.3 is 10.2 Å². The van der Waals surface area contributed by atoms with Gasteiger partial charge in [0, 0.05) is 6.07 Å². The lowest BCUT2D eigenvalue weighted by molar-refractivity contribution is 0.475. The van der Waals surface area contributed by atoms with Gasteiger partial charge in [-0.05, 0) is 25.0 Å². The van der Waals surface area contributed by atoms with Crippen molar-refractivity contribution in [2.75, 3.05) is 0 Å². The summed E-state index contributed by atoms with van der Waals surface area (Å²) >= 11 is 0. The van der Waals surface area contributed by atoms with E-state index in [1.807, 2.05) is 12.1 Å². The molecule has 76 valence electrons. The molecule has 0 unspecified atom stereocenters. The summed E-state index contributed by atoms with van der Waals surface area (Å²) in [5.74, 6) is 0.617. The minimum absolute atomic E-state index is 0.0106. The van der Waals surface area contributed by atoms with E-state index in [1.54, 1.807) is 12.1 Å². The summed E-state index contributed by atoms with van der Waals surface area (Å²) in [5, 5.41) is 0.616. The summed E-state index contributed by atoms with van der Waals surface area (Å²) in [6, 6.07) is 8.77. The van der Waals surface area contributed by atoms with E-state index < -0.39 is 0 Å². The minimum atomic E-state index is -0.386. The Bertz CT molecular complexity index is 581. The molecule has 1 heterocycles. The fourth-order valence-electron chi connectivity index (χ4n) is 1.73. The second kappa shape index (κ2) is 2.70. The Balaban J connectivity index is 2.32. The van der Waals surface area contributed by atoms with Crippen molar-refractivity contribution in [3.05, 3.63) is 46.3 Å². The predicted octanol–water partition coefficient (Wildman–Crippen LogP) is 1.74. The zero-order chi connectivity index (χ0) is 10.5. The highest BCUT2D eigenvalue weighted by molar-refractivity contribution is 5.76. The van der Waals surface area contributed by atoms with Gasteiger partial charge >= 0.3 is 0 Å². The highest BCUT2D eigenvalue weighted by atomic mass is 16.3. The Morgan fingerprint density at radius 2 is 2.00 bits per heavy atom. The van der Waals surface area contributed by atoms with Crippen molar-refractivity contribution in [1.82, 2.24) is 0 Å². The molecule has 2 aromatic rings. The van der Waals surface area contributed by atoms with Gasteiger partial charge in [0.15, 0.2) is 5.43 Å². The highest BCUT2D eigenvalue weighted by Crippen LogP contribution is 2.42. The molecule has 3 rings (SSSR count). The van der Waals surface area contributed by atoms with Gasteiger partial charge in [-0.2, -0.15) is 0 Å². The number of hydrogen-bond acceptors (Lipinski definition) is 3. The third-order valence-electron chi connectivity index (χ3n) is 2.91. The van der Waals surface area contributed by atoms with E-state index in [0.29, 0.717) is 16.7 Å². The first kappa shape index (κ1) is 8.68. The molecule has 3 nitrogen and oxygen atoms in total. The molecule has 0 spiro atoms. The van der Waals surface area contributed by atoms with Crippen molar-refractivity contribution in [1.29, 1.82) is 0 Å². The molecule has 0 aliphatic heterocycles. The summed E-state index contributed by atoms with van der Waals surface area (Å²) in [6.45, 7) is 0. The van der Waals surface area contributed by atoms with Gasteiger partial charge in [-0.15, -0.1) is 0 Å². The number of hydrogen-bond donors (Lipinski definition) is 1. The summed E-state index contributed by atoms with van der Waals surface area (Å²) in [7, 11) is 0. The lowest BCUT2D eigenvalue weighted by Crippen LogP contribution is -2.20. The van der Waals surface area contributed by atoms with Gasteiger partial charge in [-0.25, -0.2) is 0 Å². The molecule has 0 atom stereocenters. The summed E-state index contributed by atoms with van der Waals surface area (Å²) < 4.78 is 5.64. The third kappa shape index (κ3) is 1.27. The van der Waals surface area contributed by atoms with Crippen LogP contribution in [0, 0.1) is 0 Å². The van der Waals surface area contributed by atoms with Crippen LogP contribution in [0.15, 0.2) is 39.5 Å². The molecule has 1 aliphatic rings. The van der Waals surface area contributed by atoms with Crippen LogP contribution in [0.5, 0.6) is 0 Å². The molecule has 0 bridgehead atoms. The zero-order valence-corrected chi connectivity index (χ0v) is 8.19. The van der Waals surface area contributed by atoms with Crippen molar-refractivity contribution in [3.63, 3.8) is 0 Å². The van der Waals surface area contributed by atoms with E-state index in [-0.39, 0.29) is 11.0 Å². The first-order valence-corrected chi connectivity index (χ1v) is 5.01. The Morgan fingerprint density at radius 1 is 1.27 bits per heavy atom. The third-order valence-corrected chi connectivity index (χ3v) is 2.91. The molecular weight excluding hydrogens is 190 g/mol. The van der Waals surface area contributed by atoms with Crippen LogP contribution in [-0.4, -0.2) is 0 Å². The number of fused-ring (bicyclic) bond motifs is 1. The molecule has 15 heavy (non-hydrogen) atoms. The Kier molecular flexibility index (Phi) is 1.56. The Hall–Kier alpha value is -1.61. The van der Waals surface area contributed by atoms with Crippen molar-refractivity contribution in [2.24, 2.45) is 5.73 Å². The van der Waals surface area contributed by atoms with Crippen molar-refractivity contribution >= 4 is 11.0 Å². The molecule has 0 radical (unpaired) electrons. The lowest BCUT2D eigenvalue weighted by Gasteiger charge is -2.07. The molecule has 0 saturated heterocycles. The van der Waals surface area contributed by atoms with Gasteiger partial charge in [0.25, 0.3) is 0 Å². The topological polar surface area (TPSA) is 56.2 Å². The molecular formula is C12H11NO2. The standard InChI is InChI=1S/C12H11NO2/c13-12(5-6-12)11-7-9(14)8-3-1-2-4-10(8)15-11/h1-4,7H,5-6,13H2. The summed E-state index contributed by atoms with van der Waals surface area (Å²) in [4.78, 5) is 11.8. The maximum absolute atomic E-state index is 11.8. The van der Waals surface area contributed by atoms with Crippen LogP contribution in [-0.2, 0) is 5.54 Å². The Labute approximate surface area is 86.5 Å². The van der Waals surface area contributed by atoms with Gasteiger partial charge in [0.05, 0.1) is 10.9 Å². The average Bonchev–Trinajstić information content (AvgIpc) is 2.98. The fourth-order valence-corrected chi connectivity index (χ4v) is 1.73. The van der Waals surface area contributed by atoms with Crippen LogP contribution in [0.25, 0.3) is 11.0 Å². The Morgan fingerprint density at radius 3 is 2.73 bits per heavy atom. The number of rotatable bonds is 1. The lowest BCUT2D eigenvalue weighted by atomic mass is 10.1. The quantitative estimate of drug-likeness (QED) is 0.764. The van der Waals surface area contributed by atoms with E-state index in [0.717, 1.165) is 12.8 Å². The van der Waals surface area contributed by atoms with Crippen LogP contribution in [0.4, 0.5) is 0 Å². The maximum Gasteiger partial charge on any atom is 0.193 e. The summed E-state index contributed by atoms with van der Waals surface area (Å²) in [6.07, 6.45) is 1.79. The monoisotopic (exact) mass is 201 g/mol. The minimum Gasteiger partial charge on any atom is -0.459 e. The SMILES string of the molecule is NC1(c2cc(=O)c3ccccc3o2)CC1. The first-order valence-electron chi connectivity index (χ1n) is 5.01. The van der Waals surface area contributed by atoms with Gasteiger partial charge in [-0.1, -0.05) is 12.1 Å². The number of para-hydroxylation sites is 1. The molecule has 2 N–H and O–H groups in total. The average molecular weight is 201 g/mol. The van der Waals surface area contributed by atoms with Gasteiger partial charge in [0.1, 0.15) is 11.3 Å². The molecule has 3 heteroatoms. The van der Waals surface area contributed by atoms with E-state index in [9.17, 15) is 4.79 Å². The normalized spacial score (nSPS) is 17.9. The second-order valence-electron chi connectivity index (χ2n) is 4.13. The highest BCUT2D eigenvalue weighted by Gasteiger charge is 2.43. The number of nitrogens with two attached hydrogens (primary N) is 1. The van der Waals surface area contributed by atoms with Gasteiger partial charge in [0.2, 0.25) is 0 Å². The largest absolute Gasteiger partial charge is 0.459 e. The zero-order valence-electron chi connectivity index (χ0n) is 8.19. The molecule has 1 aliphatic carbocycles. The molecule has 1 fully saturated rings. The fraction of sp³-hybridized carbons (Fsp3) is 0.250. The van der Waals surface area contributed by atoms with Gasteiger partial charge in [-0.3, -0.25) is 4.79 Å². The molecule has 1 aromatic heterocycles. The number of benzene rings is 1. The smallest absolute Gasteiger partial charge is 0.193 e. The predicted molar refractivity (Wildman–Crippen MR) is 57.6 cm³/mol. The van der Waals surface area contributed by atoms with Crippen molar-refractivity contribution in [3.8, 4) is 0 Å². The molecule has 1 aromatic carbocycles. The van der Waals surface area contributed by atoms with Crippen LogP contribution in [0.2, 0.25) is 0 Å². The van der Waals surface area contributed by atoms with Crippen LogP contribution in [0.3, 0.4) is 0 Å². The maximum atomic E-state index is 11.8.